The Morgan fingerprint density at radius 2 is 2.00 bits per heavy atom. The van der Waals surface area contributed by atoms with Crippen molar-refractivity contribution in [3.05, 3.63) is 27.7 Å². The Kier molecular flexibility index (Phi) is 3.80. The van der Waals surface area contributed by atoms with Gasteiger partial charge in [0.05, 0.1) is 11.1 Å². The number of aliphatic hydroxyl groups is 1. The molecule has 1 spiro atoms. The molecule has 2 unspecified atom stereocenters. The van der Waals surface area contributed by atoms with E-state index < -0.39 is 0 Å². The monoisotopic (exact) mass is 344 g/mol. The average molecular weight is 346 g/mol. The lowest BCUT2D eigenvalue weighted by molar-refractivity contribution is -0.172. The van der Waals surface area contributed by atoms with Crippen molar-refractivity contribution < 1.29 is 9.84 Å². The van der Waals surface area contributed by atoms with Crippen molar-refractivity contribution >= 4 is 27.5 Å². The van der Waals surface area contributed by atoms with Crippen LogP contribution in [-0.4, -0.2) is 17.3 Å². The van der Waals surface area contributed by atoms with E-state index in [1.165, 1.54) is 19.3 Å². The SMILES string of the molecule is OC1CC(Oc2ccc(Br)cc2Cl)C12CCCCC2. The molecule has 2 saturated carbocycles. The van der Waals surface area contributed by atoms with E-state index in [9.17, 15) is 5.11 Å². The normalized spacial score (nSPS) is 29.0. The summed E-state index contributed by atoms with van der Waals surface area (Å²) >= 11 is 9.59. The summed E-state index contributed by atoms with van der Waals surface area (Å²) in [6.45, 7) is 0. The highest BCUT2D eigenvalue weighted by molar-refractivity contribution is 9.10. The van der Waals surface area contributed by atoms with E-state index in [0.717, 1.165) is 29.5 Å². The van der Waals surface area contributed by atoms with Crippen LogP contribution in [-0.2, 0) is 0 Å². The van der Waals surface area contributed by atoms with Crippen molar-refractivity contribution in [1.29, 1.82) is 0 Å². The van der Waals surface area contributed by atoms with E-state index in [4.69, 9.17) is 16.3 Å². The standard InChI is InChI=1S/C15H18BrClO2/c16-10-4-5-12(11(17)8-10)19-14-9-13(18)15(14)6-2-1-3-7-15/h4-5,8,13-14,18H,1-3,6-7,9H2. The summed E-state index contributed by atoms with van der Waals surface area (Å²) in [7, 11) is 0. The van der Waals surface area contributed by atoms with Crippen LogP contribution in [0, 0.1) is 5.41 Å². The molecule has 1 aromatic rings. The van der Waals surface area contributed by atoms with Gasteiger partial charge in [0.2, 0.25) is 0 Å². The first-order valence-electron chi connectivity index (χ1n) is 6.91. The fourth-order valence-electron chi connectivity index (χ4n) is 3.48. The van der Waals surface area contributed by atoms with Crippen LogP contribution in [0.25, 0.3) is 0 Å². The molecule has 4 heteroatoms. The molecule has 0 aromatic heterocycles. The lowest BCUT2D eigenvalue weighted by Crippen LogP contribution is -2.60. The highest BCUT2D eigenvalue weighted by Crippen LogP contribution is 2.53. The van der Waals surface area contributed by atoms with Crippen molar-refractivity contribution in [2.75, 3.05) is 0 Å². The summed E-state index contributed by atoms with van der Waals surface area (Å²) in [6.07, 6.45) is 6.47. The third-order valence-electron chi connectivity index (χ3n) is 4.69. The van der Waals surface area contributed by atoms with E-state index in [-0.39, 0.29) is 17.6 Å². The van der Waals surface area contributed by atoms with Crippen molar-refractivity contribution in [1.82, 2.24) is 0 Å². The first-order chi connectivity index (χ1) is 9.12. The molecule has 2 aliphatic carbocycles. The minimum absolute atomic E-state index is 0.0192. The summed E-state index contributed by atoms with van der Waals surface area (Å²) in [5.74, 6) is 0.728. The lowest BCUT2D eigenvalue weighted by atomic mass is 9.56. The Bertz CT molecular complexity index is 471. The molecule has 2 fully saturated rings. The maximum absolute atomic E-state index is 10.2. The van der Waals surface area contributed by atoms with Gasteiger partial charge >= 0.3 is 0 Å². The summed E-state index contributed by atoms with van der Waals surface area (Å²) < 4.78 is 7.04. The van der Waals surface area contributed by atoms with Gasteiger partial charge in [-0.3, -0.25) is 0 Å². The minimum atomic E-state index is -0.202. The lowest BCUT2D eigenvalue weighted by Gasteiger charge is -2.55. The number of aliphatic hydroxyl groups excluding tert-OH is 1. The molecule has 3 rings (SSSR count). The van der Waals surface area contributed by atoms with E-state index in [1.807, 2.05) is 18.2 Å². The largest absolute Gasteiger partial charge is 0.488 e. The number of hydrogen-bond acceptors (Lipinski definition) is 2. The molecule has 2 atom stereocenters. The second-order valence-corrected chi connectivity index (χ2v) is 7.05. The highest BCUT2D eigenvalue weighted by atomic mass is 79.9. The van der Waals surface area contributed by atoms with Crippen LogP contribution >= 0.6 is 27.5 Å². The quantitative estimate of drug-likeness (QED) is 0.851. The van der Waals surface area contributed by atoms with Gasteiger partial charge in [0.25, 0.3) is 0 Å². The molecule has 2 aliphatic rings. The zero-order valence-electron chi connectivity index (χ0n) is 10.7. The van der Waals surface area contributed by atoms with Gasteiger partial charge in [0.1, 0.15) is 11.9 Å². The second-order valence-electron chi connectivity index (χ2n) is 5.73. The third-order valence-corrected chi connectivity index (χ3v) is 5.48. The molecule has 0 amide bonds. The Hall–Kier alpha value is -0.250. The molecular formula is C15H18BrClO2. The first kappa shape index (κ1) is 13.7. The fourth-order valence-corrected chi connectivity index (χ4v) is 4.20. The zero-order valence-corrected chi connectivity index (χ0v) is 13.1. The molecule has 0 saturated heterocycles. The van der Waals surface area contributed by atoms with Gasteiger partial charge in [-0.2, -0.15) is 0 Å². The molecule has 104 valence electrons. The summed E-state index contributed by atoms with van der Waals surface area (Å²) in [6, 6.07) is 5.68. The van der Waals surface area contributed by atoms with Crippen molar-refractivity contribution in [2.45, 2.75) is 50.7 Å². The van der Waals surface area contributed by atoms with E-state index in [0.29, 0.717) is 5.02 Å². The molecule has 2 nitrogen and oxygen atoms in total. The Balaban J connectivity index is 1.76. The Labute approximate surface area is 127 Å². The Morgan fingerprint density at radius 1 is 1.26 bits per heavy atom. The maximum Gasteiger partial charge on any atom is 0.138 e. The van der Waals surface area contributed by atoms with Crippen molar-refractivity contribution in [2.24, 2.45) is 5.41 Å². The van der Waals surface area contributed by atoms with Gasteiger partial charge in [-0.15, -0.1) is 0 Å². The predicted molar refractivity (Wildman–Crippen MR) is 79.7 cm³/mol. The molecule has 19 heavy (non-hydrogen) atoms. The van der Waals surface area contributed by atoms with E-state index >= 15 is 0 Å². The second kappa shape index (κ2) is 5.27. The molecule has 1 aromatic carbocycles. The maximum atomic E-state index is 10.2. The van der Waals surface area contributed by atoms with Gasteiger partial charge in [-0.25, -0.2) is 0 Å². The average Bonchev–Trinajstić information content (AvgIpc) is 2.42. The van der Waals surface area contributed by atoms with E-state index in [2.05, 4.69) is 15.9 Å². The van der Waals surface area contributed by atoms with Crippen LogP contribution in [0.1, 0.15) is 38.5 Å². The molecular weight excluding hydrogens is 328 g/mol. The van der Waals surface area contributed by atoms with Crippen LogP contribution in [0.5, 0.6) is 5.75 Å². The van der Waals surface area contributed by atoms with Gasteiger partial charge in [0.15, 0.2) is 0 Å². The van der Waals surface area contributed by atoms with Crippen LogP contribution in [0.2, 0.25) is 5.02 Å². The van der Waals surface area contributed by atoms with Gasteiger partial charge in [-0.1, -0.05) is 46.8 Å². The number of benzene rings is 1. The van der Waals surface area contributed by atoms with Gasteiger partial charge < -0.3 is 9.84 Å². The number of halogens is 2. The van der Waals surface area contributed by atoms with E-state index in [1.54, 1.807) is 0 Å². The van der Waals surface area contributed by atoms with Crippen LogP contribution in [0.15, 0.2) is 22.7 Å². The smallest absolute Gasteiger partial charge is 0.138 e. The van der Waals surface area contributed by atoms with Crippen LogP contribution in [0.3, 0.4) is 0 Å². The van der Waals surface area contributed by atoms with Crippen LogP contribution < -0.4 is 4.74 Å². The van der Waals surface area contributed by atoms with Crippen molar-refractivity contribution in [3.8, 4) is 5.75 Å². The topological polar surface area (TPSA) is 29.5 Å². The molecule has 0 radical (unpaired) electrons. The number of ether oxygens (including phenoxy) is 1. The molecule has 0 aliphatic heterocycles. The van der Waals surface area contributed by atoms with Gasteiger partial charge in [0, 0.05) is 16.3 Å². The first-order valence-corrected chi connectivity index (χ1v) is 8.09. The Morgan fingerprint density at radius 3 is 2.63 bits per heavy atom. The number of rotatable bonds is 2. The predicted octanol–water partition coefficient (Wildman–Crippen LogP) is 4.57. The summed E-state index contributed by atoms with van der Waals surface area (Å²) in [4.78, 5) is 0. The third kappa shape index (κ3) is 2.41. The zero-order chi connectivity index (χ0) is 13.5. The summed E-state index contributed by atoms with van der Waals surface area (Å²) in [5, 5.41) is 10.8. The van der Waals surface area contributed by atoms with Crippen LogP contribution in [0.4, 0.5) is 0 Å². The molecule has 0 heterocycles. The minimum Gasteiger partial charge on any atom is -0.488 e. The van der Waals surface area contributed by atoms with Crippen molar-refractivity contribution in [3.63, 3.8) is 0 Å². The van der Waals surface area contributed by atoms with Gasteiger partial charge in [-0.05, 0) is 31.0 Å². The highest BCUT2D eigenvalue weighted by Gasteiger charge is 2.56. The summed E-state index contributed by atoms with van der Waals surface area (Å²) in [5.41, 5.74) is -0.0192. The number of hydrogen-bond donors (Lipinski definition) is 1. The molecule has 1 N–H and O–H groups in total. The fraction of sp³-hybridized carbons (Fsp3) is 0.600. The molecule has 0 bridgehead atoms.